The van der Waals surface area contributed by atoms with E-state index in [0.717, 1.165) is 43.0 Å². The zero-order chi connectivity index (χ0) is 17.8. The van der Waals surface area contributed by atoms with Gasteiger partial charge in [0.05, 0.1) is 12.3 Å². The summed E-state index contributed by atoms with van der Waals surface area (Å²) >= 11 is 0. The highest BCUT2D eigenvalue weighted by Gasteiger charge is 2.46. The number of aliphatic hydroxyl groups excluding tert-OH is 1. The molecule has 1 aliphatic heterocycles. The summed E-state index contributed by atoms with van der Waals surface area (Å²) in [7, 11) is 1.88. The number of carbonyl (C=O) groups is 1. The van der Waals surface area contributed by atoms with Crippen molar-refractivity contribution in [2.45, 2.75) is 57.1 Å². The molecular formula is C20H30N4O2. The van der Waals surface area contributed by atoms with Crippen LogP contribution in [-0.2, 0) is 7.05 Å². The molecule has 1 amide bonds. The highest BCUT2D eigenvalue weighted by Crippen LogP contribution is 2.53. The second-order valence-corrected chi connectivity index (χ2v) is 9.15. The standard InChI is InChI=1S/C20H30N4O2/c1-23-20(24-5-4-15(25)11-24)17(10-21-23)19(26)22-18-3-2-12-6-13-8-14(7-12)16(18)9-13/h10,12-16,18,25H,2-9,11H2,1H3,(H,22,26)/t12?,13?,14?,15-,16?,18?/m1/s1. The van der Waals surface area contributed by atoms with Gasteiger partial charge in [0.2, 0.25) is 0 Å². The Hall–Kier alpha value is -1.56. The molecule has 0 spiro atoms. The fourth-order valence-electron chi connectivity index (χ4n) is 6.42. The number of β-amino-alcohol motifs (C(OH)–C–C–N with tert-alkyl or cyclic N) is 1. The molecule has 4 fully saturated rings. The number of aromatic nitrogens is 2. The minimum Gasteiger partial charge on any atom is -0.391 e. The first-order chi connectivity index (χ1) is 12.6. The maximum atomic E-state index is 13.1. The van der Waals surface area contributed by atoms with E-state index in [4.69, 9.17) is 0 Å². The van der Waals surface area contributed by atoms with E-state index in [1.165, 1.54) is 32.1 Å². The molecular weight excluding hydrogens is 328 g/mol. The van der Waals surface area contributed by atoms with Crippen LogP contribution in [0.3, 0.4) is 0 Å². The molecule has 6 nitrogen and oxygen atoms in total. The molecule has 3 bridgehead atoms. The lowest BCUT2D eigenvalue weighted by atomic mass is 9.80. The Morgan fingerprint density at radius 3 is 2.85 bits per heavy atom. The summed E-state index contributed by atoms with van der Waals surface area (Å²) in [5.41, 5.74) is 0.658. The normalized spacial score (nSPS) is 38.6. The van der Waals surface area contributed by atoms with Crippen LogP contribution in [0.15, 0.2) is 6.20 Å². The predicted molar refractivity (Wildman–Crippen MR) is 99.0 cm³/mol. The van der Waals surface area contributed by atoms with Crippen LogP contribution in [0.1, 0.15) is 55.3 Å². The van der Waals surface area contributed by atoms with Gasteiger partial charge >= 0.3 is 0 Å². The topological polar surface area (TPSA) is 70.4 Å². The van der Waals surface area contributed by atoms with Gasteiger partial charge in [0.15, 0.2) is 0 Å². The second-order valence-electron chi connectivity index (χ2n) is 9.15. The molecule has 0 aromatic carbocycles. The second kappa shape index (κ2) is 6.25. The molecule has 3 aliphatic carbocycles. The van der Waals surface area contributed by atoms with Gasteiger partial charge in [-0.05, 0) is 68.6 Å². The number of fused-ring (bicyclic) bond motifs is 2. The largest absolute Gasteiger partial charge is 0.391 e. The van der Waals surface area contributed by atoms with Gasteiger partial charge in [-0.15, -0.1) is 0 Å². The molecule has 5 unspecified atom stereocenters. The fourth-order valence-corrected chi connectivity index (χ4v) is 6.42. The molecule has 1 saturated heterocycles. The predicted octanol–water partition coefficient (Wildman–Crippen LogP) is 1.94. The van der Waals surface area contributed by atoms with Crippen LogP contribution in [-0.4, -0.2) is 46.0 Å². The first-order valence-electron chi connectivity index (χ1n) is 10.3. The molecule has 0 radical (unpaired) electrons. The summed E-state index contributed by atoms with van der Waals surface area (Å²) in [6, 6.07) is 0.319. The van der Waals surface area contributed by atoms with Crippen LogP contribution in [0.25, 0.3) is 0 Å². The average Bonchev–Trinajstić information content (AvgIpc) is 3.26. The SMILES string of the molecule is Cn1ncc(C(=O)NC2CCC3CC4CC(C3)C2C4)c1N1CC[C@@H](O)C1. The Labute approximate surface area is 154 Å². The van der Waals surface area contributed by atoms with E-state index >= 15 is 0 Å². The van der Waals surface area contributed by atoms with Gasteiger partial charge in [0.1, 0.15) is 11.4 Å². The smallest absolute Gasteiger partial charge is 0.256 e. The Morgan fingerprint density at radius 1 is 1.19 bits per heavy atom. The van der Waals surface area contributed by atoms with Crippen LogP contribution in [0.4, 0.5) is 5.82 Å². The minimum atomic E-state index is -0.311. The Morgan fingerprint density at radius 2 is 2.04 bits per heavy atom. The van der Waals surface area contributed by atoms with Crippen LogP contribution in [0, 0.1) is 23.7 Å². The maximum absolute atomic E-state index is 13.1. The molecule has 1 aromatic heterocycles. The third-order valence-electron chi connectivity index (χ3n) is 7.48. The van der Waals surface area contributed by atoms with Crippen molar-refractivity contribution in [2.24, 2.45) is 30.7 Å². The first-order valence-corrected chi connectivity index (χ1v) is 10.3. The van der Waals surface area contributed by atoms with Crippen LogP contribution in [0.2, 0.25) is 0 Å². The van der Waals surface area contributed by atoms with Crippen LogP contribution < -0.4 is 10.2 Å². The van der Waals surface area contributed by atoms with Gasteiger partial charge in [-0.25, -0.2) is 0 Å². The number of anilines is 1. The van der Waals surface area contributed by atoms with Crippen LogP contribution >= 0.6 is 0 Å². The van der Waals surface area contributed by atoms with Gasteiger partial charge < -0.3 is 15.3 Å². The summed E-state index contributed by atoms with van der Waals surface area (Å²) in [5, 5.41) is 17.6. The number of nitrogens with zero attached hydrogens (tertiary/aromatic N) is 3. The Kier molecular flexibility index (Phi) is 3.99. The lowest BCUT2D eigenvalue weighted by Gasteiger charge is -2.27. The van der Waals surface area contributed by atoms with Crippen molar-refractivity contribution in [3.8, 4) is 0 Å². The van der Waals surface area contributed by atoms with Crippen molar-refractivity contribution in [3.05, 3.63) is 11.8 Å². The van der Waals surface area contributed by atoms with Crippen molar-refractivity contribution in [2.75, 3.05) is 18.0 Å². The maximum Gasteiger partial charge on any atom is 0.256 e. The summed E-state index contributed by atoms with van der Waals surface area (Å²) in [4.78, 5) is 15.2. The summed E-state index contributed by atoms with van der Waals surface area (Å²) in [6.07, 6.45) is 10.0. The number of hydrogen-bond acceptors (Lipinski definition) is 4. The third-order valence-corrected chi connectivity index (χ3v) is 7.48. The van der Waals surface area contributed by atoms with Crippen molar-refractivity contribution in [1.82, 2.24) is 15.1 Å². The van der Waals surface area contributed by atoms with Crippen molar-refractivity contribution in [3.63, 3.8) is 0 Å². The van der Waals surface area contributed by atoms with Gasteiger partial charge in [0, 0.05) is 26.2 Å². The number of aliphatic hydroxyl groups is 1. The summed E-state index contributed by atoms with van der Waals surface area (Å²) in [6.45, 7) is 1.36. The number of amides is 1. The van der Waals surface area contributed by atoms with Gasteiger partial charge in [-0.2, -0.15) is 5.10 Å². The van der Waals surface area contributed by atoms with Gasteiger partial charge in [-0.3, -0.25) is 9.48 Å². The molecule has 6 atom stereocenters. The molecule has 5 rings (SSSR count). The Balaban J connectivity index is 1.35. The number of hydrogen-bond donors (Lipinski definition) is 2. The molecule has 142 valence electrons. The molecule has 4 aliphatic rings. The molecule has 26 heavy (non-hydrogen) atoms. The molecule has 2 N–H and O–H groups in total. The van der Waals surface area contributed by atoms with E-state index in [1.54, 1.807) is 10.9 Å². The number of rotatable bonds is 3. The fraction of sp³-hybridized carbons (Fsp3) is 0.800. The van der Waals surface area contributed by atoms with E-state index < -0.39 is 0 Å². The summed E-state index contributed by atoms with van der Waals surface area (Å²) < 4.78 is 1.77. The Bertz CT molecular complexity index is 702. The number of carbonyl (C=O) groups excluding carboxylic acids is 1. The third kappa shape index (κ3) is 2.73. The zero-order valence-electron chi connectivity index (χ0n) is 15.6. The average molecular weight is 358 g/mol. The van der Waals surface area contributed by atoms with Crippen molar-refractivity contribution < 1.29 is 9.90 Å². The first kappa shape index (κ1) is 16.6. The monoisotopic (exact) mass is 358 g/mol. The lowest BCUT2D eigenvalue weighted by Crippen LogP contribution is -2.41. The minimum absolute atomic E-state index is 0.0145. The van der Waals surface area contributed by atoms with E-state index in [0.29, 0.717) is 24.1 Å². The van der Waals surface area contributed by atoms with E-state index in [9.17, 15) is 9.90 Å². The highest BCUT2D eigenvalue weighted by molar-refractivity contribution is 5.99. The number of aryl methyl sites for hydroxylation is 1. The zero-order valence-corrected chi connectivity index (χ0v) is 15.6. The van der Waals surface area contributed by atoms with Crippen LogP contribution in [0.5, 0.6) is 0 Å². The molecule has 3 saturated carbocycles. The summed E-state index contributed by atoms with van der Waals surface area (Å²) in [5.74, 6) is 4.16. The lowest BCUT2D eigenvalue weighted by molar-refractivity contribution is 0.0913. The van der Waals surface area contributed by atoms with E-state index in [1.807, 2.05) is 7.05 Å². The van der Waals surface area contributed by atoms with Gasteiger partial charge in [0.25, 0.3) is 5.91 Å². The van der Waals surface area contributed by atoms with Gasteiger partial charge in [-0.1, -0.05) is 0 Å². The molecule has 2 heterocycles. The van der Waals surface area contributed by atoms with E-state index in [2.05, 4.69) is 15.3 Å². The number of nitrogens with one attached hydrogen (secondary N) is 1. The molecule has 1 aromatic rings. The quantitative estimate of drug-likeness (QED) is 0.866. The van der Waals surface area contributed by atoms with Crippen molar-refractivity contribution >= 4 is 11.7 Å². The molecule has 6 heteroatoms. The highest BCUT2D eigenvalue weighted by atomic mass is 16.3. The van der Waals surface area contributed by atoms with E-state index in [-0.39, 0.29) is 12.0 Å². The van der Waals surface area contributed by atoms with Crippen molar-refractivity contribution in [1.29, 1.82) is 0 Å².